The lowest BCUT2D eigenvalue weighted by Gasteiger charge is -2.28. The molecule has 3 rings (SSSR count). The van der Waals surface area contributed by atoms with Crippen molar-refractivity contribution in [1.29, 1.82) is 0 Å². The fourth-order valence-electron chi connectivity index (χ4n) is 3.05. The van der Waals surface area contributed by atoms with Crippen LogP contribution in [0.3, 0.4) is 0 Å². The van der Waals surface area contributed by atoms with Crippen LogP contribution in [-0.4, -0.2) is 6.54 Å². The molecule has 1 aliphatic heterocycles. The van der Waals surface area contributed by atoms with Crippen LogP contribution in [0.25, 0.3) is 0 Å². The predicted octanol–water partition coefficient (Wildman–Crippen LogP) is 3.92. The fourth-order valence-corrected chi connectivity index (χ4v) is 3.05. The summed E-state index contributed by atoms with van der Waals surface area (Å²) in [5.41, 5.74) is 10.8. The summed E-state index contributed by atoms with van der Waals surface area (Å²) in [7, 11) is 0. The van der Waals surface area contributed by atoms with Gasteiger partial charge in [0.1, 0.15) is 0 Å². The molecule has 2 aromatic rings. The summed E-state index contributed by atoms with van der Waals surface area (Å²) >= 11 is 0. The Morgan fingerprint density at radius 1 is 1.11 bits per heavy atom. The number of hydrogen-bond acceptors (Lipinski definition) is 2. The molecule has 0 spiro atoms. The van der Waals surface area contributed by atoms with Crippen LogP contribution in [0.4, 0.5) is 11.4 Å². The molecular weight excluding hydrogens is 232 g/mol. The Morgan fingerprint density at radius 3 is 2.74 bits per heavy atom. The third kappa shape index (κ3) is 2.30. The lowest BCUT2D eigenvalue weighted by Crippen LogP contribution is -2.23. The largest absolute Gasteiger partial charge is 0.399 e. The third-order valence-corrected chi connectivity index (χ3v) is 3.97. The lowest BCUT2D eigenvalue weighted by atomic mass is 10.0. The van der Waals surface area contributed by atoms with Gasteiger partial charge in [0.15, 0.2) is 0 Å². The molecule has 1 saturated heterocycles. The maximum absolute atomic E-state index is 5.92. The molecule has 1 unspecified atom stereocenters. The molecule has 2 N–H and O–H groups in total. The van der Waals surface area contributed by atoms with Gasteiger partial charge in [-0.3, -0.25) is 0 Å². The summed E-state index contributed by atoms with van der Waals surface area (Å²) in [6.45, 7) is 3.31. The minimum Gasteiger partial charge on any atom is -0.399 e. The van der Waals surface area contributed by atoms with E-state index in [-0.39, 0.29) is 0 Å². The summed E-state index contributed by atoms with van der Waals surface area (Å²) < 4.78 is 0. The highest BCUT2D eigenvalue weighted by atomic mass is 15.2. The second-order valence-corrected chi connectivity index (χ2v) is 5.31. The van der Waals surface area contributed by atoms with Crippen molar-refractivity contribution in [1.82, 2.24) is 0 Å². The highest BCUT2D eigenvalue weighted by Gasteiger charge is 2.26. The molecule has 2 aromatic carbocycles. The average molecular weight is 252 g/mol. The van der Waals surface area contributed by atoms with Crippen molar-refractivity contribution in [2.75, 3.05) is 17.2 Å². The smallest absolute Gasteiger partial charge is 0.0543 e. The van der Waals surface area contributed by atoms with E-state index < -0.39 is 0 Å². The Labute approximate surface area is 114 Å². The molecule has 19 heavy (non-hydrogen) atoms. The number of para-hydroxylation sites is 1. The van der Waals surface area contributed by atoms with Gasteiger partial charge in [-0.15, -0.1) is 0 Å². The zero-order valence-electron chi connectivity index (χ0n) is 11.3. The maximum Gasteiger partial charge on any atom is 0.0543 e. The minimum atomic E-state index is 0.463. The van der Waals surface area contributed by atoms with Gasteiger partial charge in [0.05, 0.1) is 6.04 Å². The number of rotatable bonds is 2. The molecule has 98 valence electrons. The Bertz CT molecular complexity index is 577. The Balaban J connectivity index is 1.96. The molecule has 0 bridgehead atoms. The van der Waals surface area contributed by atoms with Crippen molar-refractivity contribution in [3.05, 3.63) is 59.7 Å². The van der Waals surface area contributed by atoms with Gasteiger partial charge < -0.3 is 10.6 Å². The van der Waals surface area contributed by atoms with E-state index in [0.717, 1.165) is 12.2 Å². The summed E-state index contributed by atoms with van der Waals surface area (Å²) in [4.78, 5) is 2.52. The van der Waals surface area contributed by atoms with E-state index in [4.69, 9.17) is 5.73 Å². The van der Waals surface area contributed by atoms with E-state index in [1.54, 1.807) is 0 Å². The number of hydrogen-bond donors (Lipinski definition) is 1. The first-order chi connectivity index (χ1) is 9.25. The number of anilines is 2. The van der Waals surface area contributed by atoms with E-state index in [2.05, 4.69) is 54.3 Å². The van der Waals surface area contributed by atoms with Crippen LogP contribution in [0.2, 0.25) is 0 Å². The van der Waals surface area contributed by atoms with E-state index in [9.17, 15) is 0 Å². The van der Waals surface area contributed by atoms with Crippen LogP contribution >= 0.6 is 0 Å². The zero-order chi connectivity index (χ0) is 13.2. The van der Waals surface area contributed by atoms with Gasteiger partial charge in [0, 0.05) is 17.9 Å². The molecule has 1 fully saturated rings. The Morgan fingerprint density at radius 2 is 1.95 bits per heavy atom. The second-order valence-electron chi connectivity index (χ2n) is 5.31. The monoisotopic (exact) mass is 252 g/mol. The average Bonchev–Trinajstić information content (AvgIpc) is 2.88. The third-order valence-electron chi connectivity index (χ3n) is 3.97. The Hall–Kier alpha value is -1.96. The first-order valence-corrected chi connectivity index (χ1v) is 6.93. The highest BCUT2D eigenvalue weighted by Crippen LogP contribution is 2.37. The van der Waals surface area contributed by atoms with Crippen LogP contribution in [0.1, 0.15) is 30.0 Å². The molecule has 2 heteroatoms. The van der Waals surface area contributed by atoms with E-state index >= 15 is 0 Å². The second kappa shape index (κ2) is 4.96. The lowest BCUT2D eigenvalue weighted by molar-refractivity contribution is 0.718. The molecule has 0 amide bonds. The van der Waals surface area contributed by atoms with Gasteiger partial charge in [-0.1, -0.05) is 30.3 Å². The van der Waals surface area contributed by atoms with Gasteiger partial charge in [-0.25, -0.2) is 0 Å². The van der Waals surface area contributed by atoms with Crippen LogP contribution in [0.15, 0.2) is 48.5 Å². The number of benzene rings is 2. The SMILES string of the molecule is Cc1ccccc1N1CCCC1c1cccc(N)c1. The van der Waals surface area contributed by atoms with Crippen LogP contribution in [-0.2, 0) is 0 Å². The highest BCUT2D eigenvalue weighted by molar-refractivity contribution is 5.56. The Kier molecular flexibility index (Phi) is 3.16. The van der Waals surface area contributed by atoms with Crippen molar-refractivity contribution in [3.63, 3.8) is 0 Å². The first kappa shape index (κ1) is 12.1. The van der Waals surface area contributed by atoms with E-state index in [1.807, 2.05) is 6.07 Å². The molecule has 0 aliphatic carbocycles. The van der Waals surface area contributed by atoms with Gasteiger partial charge in [-0.05, 0) is 49.1 Å². The van der Waals surface area contributed by atoms with Crippen molar-refractivity contribution in [2.24, 2.45) is 0 Å². The topological polar surface area (TPSA) is 29.3 Å². The van der Waals surface area contributed by atoms with Crippen LogP contribution < -0.4 is 10.6 Å². The van der Waals surface area contributed by atoms with Crippen molar-refractivity contribution >= 4 is 11.4 Å². The molecule has 1 heterocycles. The number of nitrogens with zero attached hydrogens (tertiary/aromatic N) is 1. The standard InChI is InChI=1S/C17H20N2/c1-13-6-2-3-9-16(13)19-11-5-10-17(19)14-7-4-8-15(18)12-14/h2-4,6-9,12,17H,5,10-11,18H2,1H3. The van der Waals surface area contributed by atoms with Crippen LogP contribution in [0.5, 0.6) is 0 Å². The molecule has 1 atom stereocenters. The van der Waals surface area contributed by atoms with E-state index in [0.29, 0.717) is 6.04 Å². The number of nitrogens with two attached hydrogens (primary N) is 1. The summed E-state index contributed by atoms with van der Waals surface area (Å²) in [5, 5.41) is 0. The quantitative estimate of drug-likeness (QED) is 0.821. The number of aryl methyl sites for hydroxylation is 1. The van der Waals surface area contributed by atoms with Crippen molar-refractivity contribution in [3.8, 4) is 0 Å². The molecular formula is C17H20N2. The molecule has 0 saturated carbocycles. The predicted molar refractivity (Wildman–Crippen MR) is 81.4 cm³/mol. The summed E-state index contributed by atoms with van der Waals surface area (Å²) in [5.74, 6) is 0. The fraction of sp³-hybridized carbons (Fsp3) is 0.294. The maximum atomic E-state index is 5.92. The summed E-state index contributed by atoms with van der Waals surface area (Å²) in [6.07, 6.45) is 2.45. The van der Waals surface area contributed by atoms with Crippen molar-refractivity contribution in [2.45, 2.75) is 25.8 Å². The van der Waals surface area contributed by atoms with Crippen LogP contribution in [0, 0.1) is 6.92 Å². The molecule has 1 aliphatic rings. The van der Waals surface area contributed by atoms with Gasteiger partial charge in [-0.2, -0.15) is 0 Å². The normalized spacial score (nSPS) is 18.8. The molecule has 0 aromatic heterocycles. The molecule has 2 nitrogen and oxygen atoms in total. The zero-order valence-corrected chi connectivity index (χ0v) is 11.3. The van der Waals surface area contributed by atoms with E-state index in [1.165, 1.54) is 29.7 Å². The first-order valence-electron chi connectivity index (χ1n) is 6.93. The van der Waals surface area contributed by atoms with Gasteiger partial charge >= 0.3 is 0 Å². The number of nitrogen functional groups attached to an aromatic ring is 1. The molecule has 0 radical (unpaired) electrons. The summed E-state index contributed by atoms with van der Waals surface area (Å²) in [6, 6.07) is 17.4. The van der Waals surface area contributed by atoms with Gasteiger partial charge in [0.25, 0.3) is 0 Å². The minimum absolute atomic E-state index is 0.463. The van der Waals surface area contributed by atoms with Crippen molar-refractivity contribution < 1.29 is 0 Å². The van der Waals surface area contributed by atoms with Gasteiger partial charge in [0.2, 0.25) is 0 Å².